The number of rotatable bonds is 5. The van der Waals surface area contributed by atoms with Gasteiger partial charge >= 0.3 is 0 Å². The Bertz CT molecular complexity index is 383. The van der Waals surface area contributed by atoms with Crippen molar-refractivity contribution in [3.8, 4) is 5.75 Å². The van der Waals surface area contributed by atoms with Crippen molar-refractivity contribution in [3.05, 3.63) is 29.6 Å². The third-order valence-corrected chi connectivity index (χ3v) is 5.65. The van der Waals surface area contributed by atoms with Gasteiger partial charge in [0, 0.05) is 35.6 Å². The molecule has 100 valence electrons. The molecule has 0 bridgehead atoms. The van der Waals surface area contributed by atoms with Gasteiger partial charge in [-0.25, -0.2) is 4.39 Å². The fraction of sp³-hybridized carbons (Fsp3) is 0.538. The molecule has 0 aliphatic carbocycles. The molecule has 2 nitrogen and oxygen atoms in total. The van der Waals surface area contributed by atoms with Gasteiger partial charge in [-0.05, 0) is 17.7 Å². The van der Waals surface area contributed by atoms with E-state index in [9.17, 15) is 4.39 Å². The van der Waals surface area contributed by atoms with Crippen LogP contribution in [-0.4, -0.2) is 36.2 Å². The van der Waals surface area contributed by atoms with Crippen LogP contribution in [0.25, 0.3) is 0 Å². The summed E-state index contributed by atoms with van der Waals surface area (Å²) >= 11 is 4.07. The lowest BCUT2D eigenvalue weighted by molar-refractivity contribution is 0.385. The number of hydrogen-bond acceptors (Lipinski definition) is 4. The predicted molar refractivity (Wildman–Crippen MR) is 78.2 cm³/mol. The van der Waals surface area contributed by atoms with Gasteiger partial charge in [-0.3, -0.25) is 0 Å². The highest BCUT2D eigenvalue weighted by Gasteiger charge is 2.13. The Kier molecular flexibility index (Phi) is 5.66. The molecule has 1 atom stereocenters. The summed E-state index contributed by atoms with van der Waals surface area (Å²) in [6.45, 7) is 1.77. The molecule has 1 fully saturated rings. The van der Waals surface area contributed by atoms with E-state index in [-0.39, 0.29) is 5.82 Å². The highest BCUT2D eigenvalue weighted by molar-refractivity contribution is 8.06. The molecule has 18 heavy (non-hydrogen) atoms. The van der Waals surface area contributed by atoms with Crippen LogP contribution in [-0.2, 0) is 6.54 Å². The van der Waals surface area contributed by atoms with Gasteiger partial charge < -0.3 is 10.1 Å². The maximum Gasteiger partial charge on any atom is 0.165 e. The molecule has 2 rings (SSSR count). The second kappa shape index (κ2) is 7.26. The lowest BCUT2D eigenvalue weighted by Crippen LogP contribution is -2.28. The Morgan fingerprint density at radius 2 is 2.33 bits per heavy atom. The van der Waals surface area contributed by atoms with Crippen LogP contribution in [0.5, 0.6) is 5.75 Å². The second-order valence-electron chi connectivity index (χ2n) is 4.17. The first-order valence-corrected chi connectivity index (χ1v) is 8.22. The van der Waals surface area contributed by atoms with Crippen LogP contribution in [0, 0.1) is 5.82 Å². The first kappa shape index (κ1) is 14.0. The Morgan fingerprint density at radius 1 is 1.44 bits per heavy atom. The van der Waals surface area contributed by atoms with Crippen molar-refractivity contribution in [2.24, 2.45) is 0 Å². The van der Waals surface area contributed by atoms with Gasteiger partial charge in [0.05, 0.1) is 7.11 Å². The van der Waals surface area contributed by atoms with E-state index in [0.29, 0.717) is 11.0 Å². The molecular formula is C13H18FNOS2. The van der Waals surface area contributed by atoms with E-state index in [1.165, 1.54) is 30.4 Å². The standard InChI is InChI=1S/C13H18FNOS2/c1-16-13-6-10(2-3-12(13)14)7-15-8-11-9-17-4-5-18-11/h2-3,6,11,15H,4-5,7-9H2,1H3/t11-/m0/s1. The number of halogens is 1. The van der Waals surface area contributed by atoms with Crippen LogP contribution in [0.15, 0.2) is 18.2 Å². The van der Waals surface area contributed by atoms with E-state index in [1.807, 2.05) is 23.5 Å². The van der Waals surface area contributed by atoms with Gasteiger partial charge in [0.1, 0.15) is 0 Å². The third-order valence-electron chi connectivity index (χ3n) is 2.80. The summed E-state index contributed by atoms with van der Waals surface area (Å²) in [7, 11) is 1.49. The molecule has 1 saturated heterocycles. The predicted octanol–water partition coefficient (Wildman–Crippen LogP) is 2.77. The van der Waals surface area contributed by atoms with Gasteiger partial charge in [0.25, 0.3) is 0 Å². The highest BCUT2D eigenvalue weighted by atomic mass is 32.2. The summed E-state index contributed by atoms with van der Waals surface area (Å²) < 4.78 is 18.2. The normalized spacial score (nSPS) is 19.8. The molecule has 0 unspecified atom stereocenters. The van der Waals surface area contributed by atoms with E-state index in [1.54, 1.807) is 12.1 Å². The number of thioether (sulfide) groups is 2. The zero-order valence-electron chi connectivity index (χ0n) is 10.4. The van der Waals surface area contributed by atoms with Crippen LogP contribution in [0.2, 0.25) is 0 Å². The third kappa shape index (κ3) is 4.07. The van der Waals surface area contributed by atoms with Crippen LogP contribution in [0.4, 0.5) is 4.39 Å². The summed E-state index contributed by atoms with van der Waals surface area (Å²) in [5, 5.41) is 4.13. The maximum absolute atomic E-state index is 13.2. The topological polar surface area (TPSA) is 21.3 Å². The van der Waals surface area contributed by atoms with Crippen LogP contribution < -0.4 is 10.1 Å². The lowest BCUT2D eigenvalue weighted by Gasteiger charge is -2.21. The van der Waals surface area contributed by atoms with Crippen molar-refractivity contribution in [2.75, 3.05) is 30.9 Å². The largest absolute Gasteiger partial charge is 0.494 e. The highest BCUT2D eigenvalue weighted by Crippen LogP contribution is 2.23. The number of benzene rings is 1. The van der Waals surface area contributed by atoms with Crippen molar-refractivity contribution in [2.45, 2.75) is 11.8 Å². The van der Waals surface area contributed by atoms with Gasteiger partial charge in [-0.15, -0.1) is 0 Å². The zero-order valence-corrected chi connectivity index (χ0v) is 12.1. The molecule has 0 aromatic heterocycles. The van der Waals surface area contributed by atoms with Crippen molar-refractivity contribution in [1.82, 2.24) is 5.32 Å². The Morgan fingerprint density at radius 3 is 3.06 bits per heavy atom. The summed E-state index contributed by atoms with van der Waals surface area (Å²) in [4.78, 5) is 0. The molecule has 0 amide bonds. The molecule has 1 aliphatic rings. The summed E-state index contributed by atoms with van der Waals surface area (Å²) in [6, 6.07) is 5.01. The average molecular weight is 287 g/mol. The minimum atomic E-state index is -0.305. The monoisotopic (exact) mass is 287 g/mol. The van der Waals surface area contributed by atoms with E-state index in [4.69, 9.17) is 4.74 Å². The zero-order chi connectivity index (χ0) is 12.8. The molecular weight excluding hydrogens is 269 g/mol. The Labute approximate surface area is 116 Å². The summed E-state index contributed by atoms with van der Waals surface area (Å²) in [6.07, 6.45) is 0. The maximum atomic E-state index is 13.2. The fourth-order valence-corrected chi connectivity index (χ4v) is 4.49. The number of hydrogen-bond donors (Lipinski definition) is 1. The smallest absolute Gasteiger partial charge is 0.165 e. The molecule has 1 aromatic carbocycles. The molecule has 0 radical (unpaired) electrons. The van der Waals surface area contributed by atoms with E-state index >= 15 is 0 Å². The average Bonchev–Trinajstić information content (AvgIpc) is 2.42. The molecule has 1 heterocycles. The molecule has 0 saturated carbocycles. The van der Waals surface area contributed by atoms with Crippen molar-refractivity contribution >= 4 is 23.5 Å². The molecule has 1 aromatic rings. The fourth-order valence-electron chi connectivity index (χ4n) is 1.85. The first-order chi connectivity index (χ1) is 8.79. The Hall–Kier alpha value is -0.390. The van der Waals surface area contributed by atoms with Crippen molar-refractivity contribution in [3.63, 3.8) is 0 Å². The number of methoxy groups -OCH3 is 1. The molecule has 1 N–H and O–H groups in total. The minimum Gasteiger partial charge on any atom is -0.494 e. The number of nitrogens with one attached hydrogen (secondary N) is 1. The van der Waals surface area contributed by atoms with Crippen molar-refractivity contribution in [1.29, 1.82) is 0 Å². The lowest BCUT2D eigenvalue weighted by atomic mass is 10.2. The second-order valence-corrected chi connectivity index (χ2v) is 6.73. The van der Waals surface area contributed by atoms with Crippen LogP contribution >= 0.6 is 23.5 Å². The van der Waals surface area contributed by atoms with E-state index in [0.717, 1.165) is 18.7 Å². The molecule has 5 heteroatoms. The van der Waals surface area contributed by atoms with E-state index in [2.05, 4.69) is 5.32 Å². The van der Waals surface area contributed by atoms with Crippen LogP contribution in [0.3, 0.4) is 0 Å². The van der Waals surface area contributed by atoms with Gasteiger partial charge in [0.15, 0.2) is 11.6 Å². The first-order valence-electron chi connectivity index (χ1n) is 6.02. The number of ether oxygens (including phenoxy) is 1. The minimum absolute atomic E-state index is 0.305. The Balaban J connectivity index is 1.79. The summed E-state index contributed by atoms with van der Waals surface area (Å²) in [5.74, 6) is 3.76. The molecule has 0 spiro atoms. The van der Waals surface area contributed by atoms with Crippen molar-refractivity contribution < 1.29 is 9.13 Å². The van der Waals surface area contributed by atoms with Gasteiger partial charge in [0.2, 0.25) is 0 Å². The molecule has 1 aliphatic heterocycles. The summed E-state index contributed by atoms with van der Waals surface area (Å²) in [5.41, 5.74) is 1.06. The SMILES string of the molecule is COc1cc(CNC[C@H]2CSCCS2)ccc1F. The quantitative estimate of drug-likeness (QED) is 0.898. The van der Waals surface area contributed by atoms with Gasteiger partial charge in [-0.1, -0.05) is 6.07 Å². The van der Waals surface area contributed by atoms with E-state index < -0.39 is 0 Å². The van der Waals surface area contributed by atoms with Gasteiger partial charge in [-0.2, -0.15) is 23.5 Å². The van der Waals surface area contributed by atoms with Crippen LogP contribution in [0.1, 0.15) is 5.56 Å².